The zero-order valence-electron chi connectivity index (χ0n) is 16.5. The van der Waals surface area contributed by atoms with Gasteiger partial charge in [0.2, 0.25) is 5.91 Å². The first-order valence-corrected chi connectivity index (χ1v) is 10.5. The van der Waals surface area contributed by atoms with E-state index in [1.807, 2.05) is 23.2 Å². The number of carbonyl (C=O) groups excluding carboxylic acids is 1. The number of carbonyl (C=O) groups is 1. The molecule has 2 fully saturated rings. The number of imidazole rings is 1. The number of ether oxygens (including phenoxy) is 1. The lowest BCUT2D eigenvalue weighted by atomic mass is 9.78. The fourth-order valence-electron chi connectivity index (χ4n) is 5.24. The fraction of sp³-hybridized carbons (Fsp3) is 0.571. The molecule has 3 aliphatic heterocycles. The van der Waals surface area contributed by atoms with Gasteiger partial charge in [-0.25, -0.2) is 4.98 Å². The summed E-state index contributed by atoms with van der Waals surface area (Å²) in [5, 5.41) is 0. The molecule has 0 radical (unpaired) electrons. The number of piperidine rings is 1. The Kier molecular flexibility index (Phi) is 4.97. The number of nitrogens with one attached hydrogen (secondary N) is 1. The van der Waals surface area contributed by atoms with Crippen molar-refractivity contribution in [3.63, 3.8) is 0 Å². The Morgan fingerprint density at radius 2 is 2.17 bits per heavy atom. The summed E-state index contributed by atoms with van der Waals surface area (Å²) in [6.45, 7) is 5.01. The number of hydrogen-bond acceptors (Lipinski definition) is 5. The molecule has 3 aliphatic rings. The summed E-state index contributed by atoms with van der Waals surface area (Å²) in [4.78, 5) is 38.0. The number of nitrogens with zero attached hydrogens (tertiary/aromatic N) is 4. The van der Waals surface area contributed by atoms with E-state index >= 15 is 0 Å². The van der Waals surface area contributed by atoms with Crippen LogP contribution in [0.25, 0.3) is 0 Å². The number of hydrogen-bond donors (Lipinski definition) is 1. The summed E-state index contributed by atoms with van der Waals surface area (Å²) >= 11 is 0. The Bertz CT molecular complexity index is 917. The quantitative estimate of drug-likeness (QED) is 0.835. The number of fused-ring (bicyclic) bond motifs is 4. The number of H-pyrrole nitrogens is 1. The third-order valence-electron chi connectivity index (χ3n) is 6.46. The van der Waals surface area contributed by atoms with E-state index in [1.165, 1.54) is 0 Å². The molecule has 1 amide bonds. The first kappa shape index (κ1) is 18.6. The van der Waals surface area contributed by atoms with Crippen molar-refractivity contribution in [2.24, 2.45) is 5.92 Å². The van der Waals surface area contributed by atoms with Gasteiger partial charge in [-0.15, -0.1) is 0 Å². The van der Waals surface area contributed by atoms with E-state index in [2.05, 4.69) is 14.9 Å². The Balaban J connectivity index is 1.48. The van der Waals surface area contributed by atoms with Crippen LogP contribution in [0.5, 0.6) is 0 Å². The van der Waals surface area contributed by atoms with Crippen molar-refractivity contribution in [3.05, 3.63) is 52.5 Å². The van der Waals surface area contributed by atoms with Crippen LogP contribution >= 0.6 is 0 Å². The van der Waals surface area contributed by atoms with E-state index in [0.717, 1.165) is 43.9 Å². The van der Waals surface area contributed by atoms with Crippen LogP contribution in [-0.2, 0) is 16.1 Å². The van der Waals surface area contributed by atoms with Gasteiger partial charge in [0.15, 0.2) is 0 Å². The number of aromatic amines is 1. The molecule has 1 N–H and O–H groups in total. The minimum atomic E-state index is -0.433. The van der Waals surface area contributed by atoms with Crippen molar-refractivity contribution in [1.82, 2.24) is 24.3 Å². The first-order chi connectivity index (χ1) is 14.2. The zero-order chi connectivity index (χ0) is 19.8. The van der Waals surface area contributed by atoms with Gasteiger partial charge in [0.05, 0.1) is 12.9 Å². The molecule has 3 atom stereocenters. The molecular weight excluding hydrogens is 370 g/mol. The molecule has 5 rings (SSSR count). The van der Waals surface area contributed by atoms with E-state index in [1.54, 1.807) is 17.0 Å². The molecule has 0 spiro atoms. The zero-order valence-corrected chi connectivity index (χ0v) is 16.5. The molecule has 154 valence electrons. The Morgan fingerprint density at radius 3 is 3.03 bits per heavy atom. The monoisotopic (exact) mass is 397 g/mol. The van der Waals surface area contributed by atoms with Gasteiger partial charge in [0, 0.05) is 74.8 Å². The predicted molar refractivity (Wildman–Crippen MR) is 106 cm³/mol. The Morgan fingerprint density at radius 1 is 1.24 bits per heavy atom. The summed E-state index contributed by atoms with van der Waals surface area (Å²) in [5.74, 6) is 0.458. The van der Waals surface area contributed by atoms with Crippen LogP contribution in [0.4, 0.5) is 0 Å². The van der Waals surface area contributed by atoms with Crippen molar-refractivity contribution in [3.8, 4) is 0 Å². The van der Waals surface area contributed by atoms with Gasteiger partial charge in [-0.05, 0) is 18.9 Å². The lowest BCUT2D eigenvalue weighted by Gasteiger charge is -2.47. The van der Waals surface area contributed by atoms with Gasteiger partial charge in [0.25, 0.3) is 5.56 Å². The van der Waals surface area contributed by atoms with Gasteiger partial charge in [0.1, 0.15) is 6.04 Å². The third-order valence-corrected chi connectivity index (χ3v) is 6.46. The predicted octanol–water partition coefficient (Wildman–Crippen LogP) is 0.981. The van der Waals surface area contributed by atoms with Crippen LogP contribution in [-0.4, -0.2) is 69.6 Å². The largest absolute Gasteiger partial charge is 0.380 e. The van der Waals surface area contributed by atoms with Crippen molar-refractivity contribution >= 4 is 5.91 Å². The molecule has 2 aromatic rings. The fourth-order valence-corrected chi connectivity index (χ4v) is 5.24. The summed E-state index contributed by atoms with van der Waals surface area (Å²) in [5.41, 5.74) is 2.00. The second-order valence-electron chi connectivity index (χ2n) is 8.36. The molecule has 2 saturated heterocycles. The SMILES string of the molecule is O=C([C@H]1[C@@H]2C[C@@H](CN(Cc3cnc[nH]3)C2)c2cccc(=O)n21)N1CCCOCC1. The lowest BCUT2D eigenvalue weighted by molar-refractivity contribution is -0.138. The molecular formula is C21H27N5O3. The maximum atomic E-state index is 13.6. The summed E-state index contributed by atoms with van der Waals surface area (Å²) < 4.78 is 7.32. The van der Waals surface area contributed by atoms with Gasteiger partial charge in [-0.2, -0.15) is 0 Å². The van der Waals surface area contributed by atoms with Crippen molar-refractivity contribution in [1.29, 1.82) is 0 Å². The summed E-state index contributed by atoms with van der Waals surface area (Å²) in [7, 11) is 0. The second-order valence-corrected chi connectivity index (χ2v) is 8.36. The Labute approximate surface area is 169 Å². The summed E-state index contributed by atoms with van der Waals surface area (Å²) in [6.07, 6.45) is 5.34. The highest BCUT2D eigenvalue weighted by molar-refractivity contribution is 5.81. The number of amides is 1. The number of rotatable bonds is 3. The van der Waals surface area contributed by atoms with E-state index < -0.39 is 6.04 Å². The Hall–Kier alpha value is -2.45. The van der Waals surface area contributed by atoms with Crippen LogP contribution in [0.2, 0.25) is 0 Å². The maximum absolute atomic E-state index is 13.6. The van der Waals surface area contributed by atoms with Crippen molar-refractivity contribution in [2.45, 2.75) is 31.3 Å². The molecule has 2 aromatic heterocycles. The number of likely N-dealkylation sites (tertiary alicyclic amines) is 1. The normalized spacial score (nSPS) is 27.3. The molecule has 5 heterocycles. The number of pyridine rings is 1. The molecule has 0 unspecified atom stereocenters. The van der Waals surface area contributed by atoms with E-state index in [9.17, 15) is 9.59 Å². The minimum Gasteiger partial charge on any atom is -0.380 e. The highest BCUT2D eigenvalue weighted by Crippen LogP contribution is 2.42. The van der Waals surface area contributed by atoms with E-state index in [0.29, 0.717) is 26.3 Å². The highest BCUT2D eigenvalue weighted by Gasteiger charge is 2.44. The van der Waals surface area contributed by atoms with Crippen LogP contribution in [0, 0.1) is 5.92 Å². The van der Waals surface area contributed by atoms with Gasteiger partial charge in [-0.1, -0.05) is 6.07 Å². The van der Waals surface area contributed by atoms with Crippen LogP contribution in [0.15, 0.2) is 35.5 Å². The van der Waals surface area contributed by atoms with E-state index in [4.69, 9.17) is 4.74 Å². The molecule has 0 saturated carbocycles. The smallest absolute Gasteiger partial charge is 0.251 e. The standard InChI is InChI=1S/C21H27N5O3/c27-19-4-1-3-18-15-9-16(12-24(11-15)13-17-10-22-14-23-17)20(26(18)19)21(28)25-5-2-7-29-8-6-25/h1,3-4,10,14-16,20H,2,5-9,11-13H2,(H,22,23)/t15-,16+,20+/m0/s1. The number of aromatic nitrogens is 3. The molecule has 0 aliphatic carbocycles. The molecule has 2 bridgehead atoms. The average molecular weight is 397 g/mol. The van der Waals surface area contributed by atoms with Crippen LogP contribution < -0.4 is 5.56 Å². The van der Waals surface area contributed by atoms with Gasteiger partial charge in [-0.3, -0.25) is 19.1 Å². The second kappa shape index (κ2) is 7.76. The van der Waals surface area contributed by atoms with Crippen molar-refractivity contribution < 1.29 is 9.53 Å². The minimum absolute atomic E-state index is 0.0661. The van der Waals surface area contributed by atoms with E-state index in [-0.39, 0.29) is 23.3 Å². The molecule has 8 nitrogen and oxygen atoms in total. The highest BCUT2D eigenvalue weighted by atomic mass is 16.5. The maximum Gasteiger partial charge on any atom is 0.251 e. The first-order valence-electron chi connectivity index (χ1n) is 10.5. The van der Waals surface area contributed by atoms with Crippen LogP contribution in [0.3, 0.4) is 0 Å². The van der Waals surface area contributed by atoms with Crippen LogP contribution in [0.1, 0.15) is 36.2 Å². The van der Waals surface area contributed by atoms with Gasteiger partial charge >= 0.3 is 0 Å². The molecule has 8 heteroatoms. The van der Waals surface area contributed by atoms with Crippen molar-refractivity contribution in [2.75, 3.05) is 39.4 Å². The molecule has 0 aromatic carbocycles. The average Bonchev–Trinajstić information content (AvgIpc) is 3.07. The topological polar surface area (TPSA) is 83.5 Å². The lowest BCUT2D eigenvalue weighted by Crippen LogP contribution is -2.54. The van der Waals surface area contributed by atoms with Gasteiger partial charge < -0.3 is 14.6 Å². The molecule has 29 heavy (non-hydrogen) atoms. The summed E-state index contributed by atoms with van der Waals surface area (Å²) in [6, 6.07) is 4.99. The third kappa shape index (κ3) is 3.51.